The van der Waals surface area contributed by atoms with Gasteiger partial charge in [-0.15, -0.1) is 43.7 Å². The van der Waals surface area contributed by atoms with Gasteiger partial charge in [0, 0.05) is 39.0 Å². The zero-order valence-electron chi connectivity index (χ0n) is 40.5. The Morgan fingerprint density at radius 3 is 1.22 bits per heavy atom. The van der Waals surface area contributed by atoms with E-state index in [0.717, 1.165) is 11.1 Å². The number of rotatable bonds is 6. The van der Waals surface area contributed by atoms with Crippen LogP contribution in [0.5, 0.6) is 0 Å². The first-order valence-electron chi connectivity index (χ1n) is 22.8. The Morgan fingerprint density at radius 1 is 0.263 bits per heavy atom. The van der Waals surface area contributed by atoms with Gasteiger partial charge in [-0.2, -0.15) is 0 Å². The van der Waals surface area contributed by atoms with Crippen LogP contribution in [-0.4, -0.2) is 193 Å². The van der Waals surface area contributed by atoms with Crippen LogP contribution < -0.4 is 136 Å². The average molecular weight is 898 g/mol. The van der Waals surface area contributed by atoms with Gasteiger partial charge >= 0.3 is 0 Å². The molecule has 76 heavy (non-hydrogen) atoms. The van der Waals surface area contributed by atoms with Gasteiger partial charge in [0.05, 0.1) is 5.52 Å². The van der Waals surface area contributed by atoms with E-state index in [1.807, 2.05) is 42.5 Å². The molecule has 0 amide bonds. The van der Waals surface area contributed by atoms with E-state index in [1.165, 1.54) is 6.07 Å². The van der Waals surface area contributed by atoms with Crippen LogP contribution in [0.1, 0.15) is 0 Å². The Bertz CT molecular complexity index is 4270. The van der Waals surface area contributed by atoms with E-state index in [0.29, 0.717) is 5.69 Å². The second-order valence-electron chi connectivity index (χ2n) is 18.5. The number of hydrogen-bond acceptors (Lipinski definition) is 1. The molecule has 48 radical (unpaired) electrons. The molecule has 0 aliphatic carbocycles. The van der Waals surface area contributed by atoms with E-state index >= 15 is 0 Å². The van der Waals surface area contributed by atoms with Gasteiger partial charge < -0.3 is 9.47 Å². The Morgan fingerprint density at radius 2 is 0.632 bits per heavy atom. The Hall–Kier alpha value is -5.34. The normalized spacial score (nSPS) is 11.6. The molecule has 1 heterocycles. The van der Waals surface area contributed by atoms with Gasteiger partial charge in [0.15, 0.2) is 0 Å². The van der Waals surface area contributed by atoms with Crippen molar-refractivity contribution in [1.82, 2.24) is 4.57 Å². The van der Waals surface area contributed by atoms with Crippen LogP contribution >= 0.6 is 0 Å². The fourth-order valence-corrected chi connectivity index (χ4v) is 10.5. The smallest absolute Gasteiger partial charge is 0.117 e. The van der Waals surface area contributed by atoms with Crippen molar-refractivity contribution in [3.05, 3.63) is 60.7 Å². The Balaban J connectivity index is 1.43. The highest BCUT2D eigenvalue weighted by Crippen LogP contribution is 2.37. The highest BCUT2D eigenvalue weighted by molar-refractivity contribution is 6.75. The van der Waals surface area contributed by atoms with E-state index in [9.17, 15) is 0 Å². The molecule has 292 valence electrons. The predicted molar refractivity (Wildman–Crippen MR) is 351 cm³/mol. The summed E-state index contributed by atoms with van der Waals surface area (Å²) in [5.74, 6) is 0. The van der Waals surface area contributed by atoms with Gasteiger partial charge in [0.1, 0.15) is 188 Å². The summed E-state index contributed by atoms with van der Waals surface area (Å²) in [7, 11) is 164. The fraction of sp³-hybridized carbons (Fsp3) is 0. The highest BCUT2D eigenvalue weighted by atomic mass is 15.1. The van der Waals surface area contributed by atoms with E-state index in [4.69, 9.17) is 188 Å². The van der Waals surface area contributed by atoms with Crippen LogP contribution in [0.3, 0.4) is 0 Å². The maximum atomic E-state index is 7.66. The molecule has 10 rings (SSSR count). The van der Waals surface area contributed by atoms with E-state index in [2.05, 4.69) is 0 Å². The first kappa shape index (κ1) is 54.0. The number of fused-ring (bicyclic) bond motifs is 6. The summed E-state index contributed by atoms with van der Waals surface area (Å²) in [6.45, 7) is 0. The monoisotopic (exact) mass is 902 g/mol. The second-order valence-corrected chi connectivity index (χ2v) is 18.5. The fourth-order valence-electron chi connectivity index (χ4n) is 10.5. The van der Waals surface area contributed by atoms with Crippen LogP contribution in [0.2, 0.25) is 0 Å². The van der Waals surface area contributed by atoms with Crippen molar-refractivity contribution in [1.29, 1.82) is 0 Å². The van der Waals surface area contributed by atoms with Gasteiger partial charge in [0.25, 0.3) is 0 Å². The lowest BCUT2D eigenvalue weighted by molar-refractivity contribution is 1.21. The molecule has 0 saturated heterocycles. The molecule has 0 N–H and O–H groups in total. The third-order valence-corrected chi connectivity index (χ3v) is 14.5. The van der Waals surface area contributed by atoms with Crippen molar-refractivity contribution in [3.63, 3.8) is 0 Å². The number of hydrogen-bond donors (Lipinski definition) is 0. The van der Waals surface area contributed by atoms with Crippen molar-refractivity contribution >= 4 is 380 Å². The largest absolute Gasteiger partial charge is 0.313 e. The first-order chi connectivity index (χ1) is 35.8. The van der Waals surface area contributed by atoms with Crippen LogP contribution in [0.4, 0.5) is 17.1 Å². The molecule has 10 aromatic rings. The van der Waals surface area contributed by atoms with Crippen molar-refractivity contribution in [2.45, 2.75) is 0 Å². The average Bonchev–Trinajstić information content (AvgIpc) is 3.87. The minimum atomic E-state index is -0.188. The van der Waals surface area contributed by atoms with E-state index in [-0.39, 0.29) is 203 Å². The van der Waals surface area contributed by atoms with Crippen molar-refractivity contribution < 1.29 is 0 Å². The molecule has 0 aliphatic heterocycles. The standard InChI is InChI=1S/C50H10B24N2/c51-14-10-15(25(53)38(66)24(14)52)76-47-21-20(29(57)34(62)22(47)23-35(63)41(69)43(71)45(73)48(23)76)33(61)44(72)50(37(21)65)75(13-8-6-12(7-9-13)11-4-2-1-3-5-11)49-36(64)19(32(60)42(70)46(49)74)17-26(54)16-18(28(56)27(17)55)31(59)40(68)39(67)30(16)58/h1-10H. The van der Waals surface area contributed by atoms with E-state index in [1.54, 1.807) is 21.6 Å². The maximum Gasteiger partial charge on any atom is 0.117 e. The third kappa shape index (κ3) is 7.50. The molecule has 0 bridgehead atoms. The van der Waals surface area contributed by atoms with Crippen LogP contribution in [0.15, 0.2) is 60.7 Å². The summed E-state index contributed by atoms with van der Waals surface area (Å²) in [5.41, 5.74) is 0.415. The van der Waals surface area contributed by atoms with Crippen LogP contribution in [0, 0.1) is 0 Å². The van der Waals surface area contributed by atoms with E-state index < -0.39 is 0 Å². The van der Waals surface area contributed by atoms with Crippen LogP contribution in [-0.2, 0) is 0 Å². The third-order valence-electron chi connectivity index (χ3n) is 14.5. The van der Waals surface area contributed by atoms with Crippen molar-refractivity contribution in [3.8, 4) is 27.9 Å². The lowest BCUT2D eigenvalue weighted by Crippen LogP contribution is -2.53. The van der Waals surface area contributed by atoms with Crippen LogP contribution in [0.25, 0.3) is 71.3 Å². The minimum absolute atomic E-state index is 0.00764. The number of aromatic nitrogens is 1. The van der Waals surface area contributed by atoms with Gasteiger partial charge in [-0.05, 0) is 62.0 Å². The van der Waals surface area contributed by atoms with Gasteiger partial charge in [0.2, 0.25) is 0 Å². The van der Waals surface area contributed by atoms with Gasteiger partial charge in [-0.1, -0.05) is 130 Å². The molecule has 0 unspecified atom stereocenters. The maximum absolute atomic E-state index is 7.66. The minimum Gasteiger partial charge on any atom is -0.313 e. The summed E-state index contributed by atoms with van der Waals surface area (Å²) in [6.07, 6.45) is 0. The number of nitrogens with zero attached hydrogens (tertiary/aromatic N) is 2. The molecule has 2 nitrogen and oxygen atoms in total. The number of benzene rings is 9. The predicted octanol–water partition coefficient (Wildman–Crippen LogP) is -15.1. The molecule has 0 saturated carbocycles. The molecule has 0 aliphatic rings. The molecular formula is C50H10B24N2. The molecule has 1 aromatic heterocycles. The molecule has 26 heteroatoms. The van der Waals surface area contributed by atoms with Gasteiger partial charge in [-0.3, -0.25) is 0 Å². The van der Waals surface area contributed by atoms with Crippen molar-refractivity contribution in [2.75, 3.05) is 4.90 Å². The topological polar surface area (TPSA) is 8.17 Å². The Labute approximate surface area is 474 Å². The summed E-state index contributed by atoms with van der Waals surface area (Å²) < 4.78 is 1.57. The quantitative estimate of drug-likeness (QED) is 0.151. The lowest BCUT2D eigenvalue weighted by atomic mass is 9.56. The second kappa shape index (κ2) is 19.2. The SMILES string of the molecule is [B]c1cc(-n2c3c([B])c([B])c([B])c([B])c3c3c([B])c([B])c4c([B])c([B])c(N(c5ccc(-c6ccccc6)cc5)c5c([B])c([B])c([B])c(-c6c([B])c([B])c7c([B])c([B])c([B])c([B])c7c6[B])c5[B])c([B])c4c32)c([B])c([B])c1[B]. The summed E-state index contributed by atoms with van der Waals surface area (Å²) >= 11 is 0. The first-order valence-corrected chi connectivity index (χ1v) is 22.8. The number of anilines is 3. The molecule has 0 fully saturated rings. The Kier molecular flexibility index (Phi) is 13.7. The van der Waals surface area contributed by atoms with Crippen molar-refractivity contribution in [2.24, 2.45) is 0 Å². The molecule has 9 aromatic carbocycles. The zero-order valence-corrected chi connectivity index (χ0v) is 40.5. The lowest BCUT2D eigenvalue weighted by Gasteiger charge is -2.37. The summed E-state index contributed by atoms with van der Waals surface area (Å²) in [5, 5.41) is 0.824. The summed E-state index contributed by atoms with van der Waals surface area (Å²) in [4.78, 5) is 1.54. The summed E-state index contributed by atoms with van der Waals surface area (Å²) in [6, 6.07) is 18.3. The zero-order chi connectivity index (χ0) is 55.3. The van der Waals surface area contributed by atoms with Gasteiger partial charge in [-0.25, -0.2) is 0 Å². The molecule has 0 spiro atoms. The molecule has 0 atom stereocenters. The highest BCUT2D eigenvalue weighted by Gasteiger charge is 2.31. The molecular weight excluding hydrogens is 888 g/mol.